The third-order valence-electron chi connectivity index (χ3n) is 2.82. The first kappa shape index (κ1) is 13.2. The zero-order valence-corrected chi connectivity index (χ0v) is 11.3. The third kappa shape index (κ3) is 3.16. The fourth-order valence-corrected chi connectivity index (χ4v) is 2.02. The van der Waals surface area contributed by atoms with Crippen LogP contribution in [0, 0.1) is 13.8 Å². The molecule has 0 atom stereocenters. The maximum atomic E-state index is 11.5. The van der Waals surface area contributed by atoms with E-state index in [1.807, 2.05) is 0 Å². The zero-order chi connectivity index (χ0) is 13.8. The number of aryl methyl sites for hydroxylation is 2. The number of esters is 1. The molecule has 0 radical (unpaired) electrons. The molecule has 0 aliphatic rings. The molecule has 1 aromatic heterocycles. The molecule has 0 aliphatic carbocycles. The Labute approximate surface area is 112 Å². The van der Waals surface area contributed by atoms with Gasteiger partial charge in [0.1, 0.15) is 0 Å². The van der Waals surface area contributed by atoms with Crippen LogP contribution in [0.2, 0.25) is 0 Å². The van der Waals surface area contributed by atoms with Gasteiger partial charge in [0.2, 0.25) is 5.76 Å². The average molecular weight is 259 g/mol. The van der Waals surface area contributed by atoms with Gasteiger partial charge in [-0.05, 0) is 43.2 Å². The van der Waals surface area contributed by atoms with Gasteiger partial charge in [-0.3, -0.25) is 0 Å². The third-order valence-corrected chi connectivity index (χ3v) is 2.82. The Morgan fingerprint density at radius 1 is 1.26 bits per heavy atom. The summed E-state index contributed by atoms with van der Waals surface area (Å²) < 4.78 is 9.80. The van der Waals surface area contributed by atoms with Crippen LogP contribution in [0.15, 0.2) is 34.9 Å². The predicted octanol–water partition coefficient (Wildman–Crippen LogP) is 3.30. The fraction of sp³-hybridized carbons (Fsp3) is 0.267. The van der Waals surface area contributed by atoms with Crippen LogP contribution < -0.4 is 5.32 Å². The van der Waals surface area contributed by atoms with Gasteiger partial charge < -0.3 is 14.5 Å². The smallest absolute Gasteiger partial charge is 0.374 e. The summed E-state index contributed by atoms with van der Waals surface area (Å²) in [7, 11) is 1.34. The summed E-state index contributed by atoms with van der Waals surface area (Å²) in [6.45, 7) is 4.62. The highest BCUT2D eigenvalue weighted by Gasteiger charge is 2.15. The lowest BCUT2D eigenvalue weighted by atomic mass is 10.1. The summed E-state index contributed by atoms with van der Waals surface area (Å²) in [5, 5.41) is 3.28. The van der Waals surface area contributed by atoms with Gasteiger partial charge in [-0.2, -0.15) is 0 Å². The van der Waals surface area contributed by atoms with Crippen molar-refractivity contribution in [3.8, 4) is 0 Å². The molecule has 0 spiro atoms. The van der Waals surface area contributed by atoms with Crippen molar-refractivity contribution in [3.05, 3.63) is 53.0 Å². The first-order chi connectivity index (χ1) is 9.10. The zero-order valence-electron chi connectivity index (χ0n) is 11.3. The molecule has 0 aliphatic heterocycles. The van der Waals surface area contributed by atoms with E-state index in [1.165, 1.54) is 24.5 Å². The highest BCUT2D eigenvalue weighted by molar-refractivity contribution is 5.87. The summed E-state index contributed by atoms with van der Waals surface area (Å²) in [6, 6.07) is 8.00. The van der Waals surface area contributed by atoms with E-state index < -0.39 is 5.97 Å². The van der Waals surface area contributed by atoms with Crippen molar-refractivity contribution in [1.82, 2.24) is 0 Å². The number of furan rings is 1. The van der Waals surface area contributed by atoms with Crippen LogP contribution in [0.4, 0.5) is 5.69 Å². The Kier molecular flexibility index (Phi) is 3.90. The molecule has 0 saturated heterocycles. The van der Waals surface area contributed by atoms with E-state index >= 15 is 0 Å². The van der Waals surface area contributed by atoms with Crippen molar-refractivity contribution >= 4 is 11.7 Å². The van der Waals surface area contributed by atoms with E-state index in [-0.39, 0.29) is 5.76 Å². The summed E-state index contributed by atoms with van der Waals surface area (Å²) >= 11 is 0. The Morgan fingerprint density at radius 2 is 1.95 bits per heavy atom. The van der Waals surface area contributed by atoms with Crippen LogP contribution in [-0.2, 0) is 11.3 Å². The van der Waals surface area contributed by atoms with Crippen LogP contribution in [0.25, 0.3) is 0 Å². The maximum Gasteiger partial charge on any atom is 0.374 e. The molecule has 1 aromatic carbocycles. The summed E-state index contributed by atoms with van der Waals surface area (Å²) in [5.41, 5.74) is 4.20. The molecule has 4 heteroatoms. The molecule has 2 aromatic rings. The number of benzene rings is 1. The van der Waals surface area contributed by atoms with Crippen LogP contribution in [0.1, 0.15) is 27.2 Å². The minimum absolute atomic E-state index is 0.249. The van der Waals surface area contributed by atoms with Crippen molar-refractivity contribution in [2.45, 2.75) is 20.4 Å². The highest BCUT2D eigenvalue weighted by Crippen LogP contribution is 2.17. The molecular weight excluding hydrogens is 242 g/mol. The Morgan fingerprint density at radius 3 is 2.58 bits per heavy atom. The second kappa shape index (κ2) is 5.61. The molecule has 1 N–H and O–H groups in total. The number of hydrogen-bond acceptors (Lipinski definition) is 4. The number of nitrogens with one attached hydrogen (secondary N) is 1. The van der Waals surface area contributed by atoms with Gasteiger partial charge in [0.25, 0.3) is 0 Å². The SMILES string of the molecule is COC(=O)c1occc1CNc1cc(C)cc(C)c1. The predicted molar refractivity (Wildman–Crippen MR) is 73.3 cm³/mol. The highest BCUT2D eigenvalue weighted by atomic mass is 16.5. The maximum absolute atomic E-state index is 11.5. The van der Waals surface area contributed by atoms with E-state index in [0.717, 1.165) is 11.3 Å². The Bertz CT molecular complexity index is 567. The number of methoxy groups -OCH3 is 1. The van der Waals surface area contributed by atoms with Gasteiger partial charge in [-0.25, -0.2) is 4.79 Å². The van der Waals surface area contributed by atoms with Crippen LogP contribution in [0.5, 0.6) is 0 Å². The van der Waals surface area contributed by atoms with Crippen molar-refractivity contribution in [2.75, 3.05) is 12.4 Å². The molecule has 0 saturated carbocycles. The first-order valence-corrected chi connectivity index (χ1v) is 6.07. The van der Waals surface area contributed by atoms with Crippen molar-refractivity contribution in [3.63, 3.8) is 0 Å². The number of anilines is 1. The van der Waals surface area contributed by atoms with E-state index in [4.69, 9.17) is 4.42 Å². The minimum atomic E-state index is -0.456. The molecule has 19 heavy (non-hydrogen) atoms. The van der Waals surface area contributed by atoms with Gasteiger partial charge >= 0.3 is 5.97 Å². The molecule has 0 fully saturated rings. The number of carbonyl (C=O) groups excluding carboxylic acids is 1. The van der Waals surface area contributed by atoms with Crippen molar-refractivity contribution < 1.29 is 13.9 Å². The second-order valence-electron chi connectivity index (χ2n) is 4.50. The van der Waals surface area contributed by atoms with E-state index in [9.17, 15) is 4.79 Å². The molecule has 4 nitrogen and oxygen atoms in total. The van der Waals surface area contributed by atoms with Crippen LogP contribution >= 0.6 is 0 Å². The average Bonchev–Trinajstić information content (AvgIpc) is 2.82. The van der Waals surface area contributed by atoms with E-state index in [0.29, 0.717) is 6.54 Å². The van der Waals surface area contributed by atoms with Gasteiger partial charge in [0.15, 0.2) is 0 Å². The van der Waals surface area contributed by atoms with Crippen LogP contribution in [0.3, 0.4) is 0 Å². The summed E-state index contributed by atoms with van der Waals surface area (Å²) in [4.78, 5) is 11.5. The van der Waals surface area contributed by atoms with Crippen LogP contribution in [-0.4, -0.2) is 13.1 Å². The lowest BCUT2D eigenvalue weighted by Gasteiger charge is -2.08. The lowest BCUT2D eigenvalue weighted by Crippen LogP contribution is -2.07. The molecule has 0 bridgehead atoms. The Balaban J connectivity index is 2.10. The number of carbonyl (C=O) groups is 1. The molecule has 2 rings (SSSR count). The van der Waals surface area contributed by atoms with Gasteiger partial charge in [0.05, 0.1) is 13.4 Å². The van der Waals surface area contributed by atoms with Gasteiger partial charge in [-0.1, -0.05) is 6.07 Å². The largest absolute Gasteiger partial charge is 0.463 e. The molecule has 0 unspecified atom stereocenters. The molecular formula is C15H17NO3. The summed E-state index contributed by atoms with van der Waals surface area (Å²) in [5.74, 6) is -0.207. The Hall–Kier alpha value is -2.23. The molecule has 0 amide bonds. The number of hydrogen-bond donors (Lipinski definition) is 1. The summed E-state index contributed by atoms with van der Waals surface area (Å²) in [6.07, 6.45) is 1.49. The van der Waals surface area contributed by atoms with E-state index in [1.54, 1.807) is 6.07 Å². The quantitative estimate of drug-likeness (QED) is 0.856. The molecule has 1 heterocycles. The van der Waals surface area contributed by atoms with E-state index in [2.05, 4.69) is 42.1 Å². The standard InChI is InChI=1S/C15H17NO3/c1-10-6-11(2)8-13(7-10)16-9-12-4-5-19-14(12)15(17)18-3/h4-8,16H,9H2,1-3H3. The lowest BCUT2D eigenvalue weighted by molar-refractivity contribution is 0.0563. The van der Waals surface area contributed by atoms with Crippen molar-refractivity contribution in [1.29, 1.82) is 0 Å². The topological polar surface area (TPSA) is 51.5 Å². The molecule has 100 valence electrons. The number of ether oxygens (including phenoxy) is 1. The monoisotopic (exact) mass is 259 g/mol. The number of rotatable bonds is 4. The van der Waals surface area contributed by atoms with Gasteiger partial charge in [-0.15, -0.1) is 0 Å². The minimum Gasteiger partial charge on any atom is -0.463 e. The van der Waals surface area contributed by atoms with Crippen molar-refractivity contribution in [2.24, 2.45) is 0 Å². The van der Waals surface area contributed by atoms with Gasteiger partial charge in [0, 0.05) is 17.8 Å². The fourth-order valence-electron chi connectivity index (χ4n) is 2.02. The normalized spacial score (nSPS) is 10.3. The second-order valence-corrected chi connectivity index (χ2v) is 4.50. The first-order valence-electron chi connectivity index (χ1n) is 6.07.